The molecule has 0 radical (unpaired) electrons. The van der Waals surface area contributed by atoms with Gasteiger partial charge in [-0.05, 0) is 18.4 Å². The number of rotatable bonds is 7. The second kappa shape index (κ2) is 8.92. The van der Waals surface area contributed by atoms with Gasteiger partial charge in [0, 0.05) is 0 Å². The van der Waals surface area contributed by atoms with Crippen LogP contribution in [0.4, 0.5) is 0 Å². The Morgan fingerprint density at radius 1 is 1.04 bits per heavy atom. The molecule has 0 heterocycles. The summed E-state index contributed by atoms with van der Waals surface area (Å²) < 4.78 is 4.48. The van der Waals surface area contributed by atoms with Gasteiger partial charge in [0.1, 0.15) is 12.6 Å². The zero-order valence-corrected chi connectivity index (χ0v) is 14.0. The number of hydrogen-bond acceptors (Lipinski definition) is 4. The van der Waals surface area contributed by atoms with Gasteiger partial charge in [0.15, 0.2) is 0 Å². The fourth-order valence-electron chi connectivity index (χ4n) is 2.05. The predicted molar refractivity (Wildman–Crippen MR) is 86.7 cm³/mol. The van der Waals surface area contributed by atoms with Crippen LogP contribution >= 0.6 is 0 Å². The maximum absolute atomic E-state index is 12.4. The number of methoxy groups -OCH3 is 1. The minimum atomic E-state index is -0.710. The van der Waals surface area contributed by atoms with Crippen molar-refractivity contribution in [2.45, 2.75) is 32.7 Å². The Bertz CT molecular complexity index is 543. The molecule has 0 aliphatic rings. The first-order valence-corrected chi connectivity index (χ1v) is 7.56. The van der Waals surface area contributed by atoms with Crippen LogP contribution in [-0.2, 0) is 19.1 Å². The third-order valence-corrected chi connectivity index (χ3v) is 3.57. The number of carbonyl (C=O) groups is 3. The first kappa shape index (κ1) is 18.7. The largest absolute Gasteiger partial charge is 0.468 e. The molecule has 126 valence electrons. The lowest BCUT2D eigenvalue weighted by molar-refractivity contribution is -0.141. The number of esters is 1. The van der Waals surface area contributed by atoms with Gasteiger partial charge in [0.05, 0.1) is 13.0 Å². The third-order valence-electron chi connectivity index (χ3n) is 3.57. The van der Waals surface area contributed by atoms with Crippen LogP contribution in [-0.4, -0.2) is 37.5 Å². The Morgan fingerprint density at radius 3 is 2.17 bits per heavy atom. The maximum Gasteiger partial charge on any atom is 0.325 e. The molecule has 0 aliphatic carbocycles. The van der Waals surface area contributed by atoms with E-state index in [1.807, 2.05) is 44.2 Å². The zero-order valence-electron chi connectivity index (χ0n) is 14.0. The van der Waals surface area contributed by atoms with Crippen molar-refractivity contribution in [1.82, 2.24) is 10.6 Å². The molecule has 0 saturated carbocycles. The summed E-state index contributed by atoms with van der Waals surface area (Å²) in [7, 11) is 1.25. The van der Waals surface area contributed by atoms with Crippen LogP contribution in [0.5, 0.6) is 0 Å². The molecule has 2 atom stereocenters. The summed E-state index contributed by atoms with van der Waals surface area (Å²) >= 11 is 0. The molecule has 0 fully saturated rings. The van der Waals surface area contributed by atoms with E-state index in [1.165, 1.54) is 7.11 Å². The molecule has 0 bridgehead atoms. The first-order chi connectivity index (χ1) is 10.9. The van der Waals surface area contributed by atoms with E-state index in [9.17, 15) is 14.4 Å². The summed E-state index contributed by atoms with van der Waals surface area (Å²) in [6.45, 7) is 5.22. The van der Waals surface area contributed by atoms with Crippen molar-refractivity contribution in [3.63, 3.8) is 0 Å². The van der Waals surface area contributed by atoms with Crippen molar-refractivity contribution >= 4 is 17.8 Å². The van der Waals surface area contributed by atoms with Gasteiger partial charge in [-0.15, -0.1) is 0 Å². The Morgan fingerprint density at radius 2 is 1.65 bits per heavy atom. The lowest BCUT2D eigenvalue weighted by Crippen LogP contribution is -2.51. The van der Waals surface area contributed by atoms with E-state index in [2.05, 4.69) is 15.4 Å². The molecule has 2 N–H and O–H groups in total. The SMILES string of the molecule is COC(=O)CNC(=O)[C@@H](NC(=O)[C@H](C)c1ccccc1)C(C)C. The molecule has 0 unspecified atom stereocenters. The van der Waals surface area contributed by atoms with Crippen LogP contribution in [0.1, 0.15) is 32.3 Å². The Balaban J connectivity index is 2.69. The van der Waals surface area contributed by atoms with Gasteiger partial charge < -0.3 is 15.4 Å². The molecular weight excluding hydrogens is 296 g/mol. The highest BCUT2D eigenvalue weighted by atomic mass is 16.5. The number of benzene rings is 1. The van der Waals surface area contributed by atoms with Crippen LogP contribution in [0.2, 0.25) is 0 Å². The van der Waals surface area contributed by atoms with E-state index in [1.54, 1.807) is 6.92 Å². The average Bonchev–Trinajstić information content (AvgIpc) is 2.56. The number of carbonyl (C=O) groups excluding carboxylic acids is 3. The van der Waals surface area contributed by atoms with E-state index < -0.39 is 17.9 Å². The summed E-state index contributed by atoms with van der Waals surface area (Å²) in [6.07, 6.45) is 0. The molecule has 6 heteroatoms. The van der Waals surface area contributed by atoms with E-state index in [-0.39, 0.29) is 24.3 Å². The Kier molecular flexibility index (Phi) is 7.25. The van der Waals surface area contributed by atoms with Gasteiger partial charge in [-0.3, -0.25) is 14.4 Å². The van der Waals surface area contributed by atoms with E-state index in [4.69, 9.17) is 0 Å². The molecule has 0 saturated heterocycles. The molecule has 0 spiro atoms. The average molecular weight is 320 g/mol. The summed E-state index contributed by atoms with van der Waals surface area (Å²) in [5.41, 5.74) is 0.877. The normalized spacial score (nSPS) is 13.1. The summed E-state index contributed by atoms with van der Waals surface area (Å²) in [4.78, 5) is 35.6. The van der Waals surface area contributed by atoms with Crippen molar-refractivity contribution < 1.29 is 19.1 Å². The zero-order chi connectivity index (χ0) is 17.4. The van der Waals surface area contributed by atoms with Crippen LogP contribution in [0.3, 0.4) is 0 Å². The van der Waals surface area contributed by atoms with Crippen LogP contribution in [0.25, 0.3) is 0 Å². The van der Waals surface area contributed by atoms with Crippen molar-refractivity contribution in [2.75, 3.05) is 13.7 Å². The lowest BCUT2D eigenvalue weighted by Gasteiger charge is -2.23. The fraction of sp³-hybridized carbons (Fsp3) is 0.471. The predicted octanol–water partition coefficient (Wildman–Crippen LogP) is 1.22. The highest BCUT2D eigenvalue weighted by Gasteiger charge is 2.26. The smallest absolute Gasteiger partial charge is 0.325 e. The first-order valence-electron chi connectivity index (χ1n) is 7.56. The quantitative estimate of drug-likeness (QED) is 0.740. The topological polar surface area (TPSA) is 84.5 Å². The van der Waals surface area contributed by atoms with Gasteiger partial charge in [-0.1, -0.05) is 44.2 Å². The molecule has 0 aromatic heterocycles. The highest BCUT2D eigenvalue weighted by Crippen LogP contribution is 2.15. The van der Waals surface area contributed by atoms with Gasteiger partial charge in [-0.2, -0.15) is 0 Å². The van der Waals surface area contributed by atoms with Crippen LogP contribution in [0.15, 0.2) is 30.3 Å². The molecule has 1 aromatic carbocycles. The molecule has 1 aromatic rings. The van der Waals surface area contributed by atoms with Gasteiger partial charge >= 0.3 is 5.97 Å². The Labute approximate surface area is 136 Å². The molecule has 23 heavy (non-hydrogen) atoms. The standard InChI is InChI=1S/C17H24N2O4/c1-11(2)15(17(22)18-10-14(20)23-4)19-16(21)12(3)13-8-6-5-7-9-13/h5-9,11-12,15H,10H2,1-4H3,(H,18,22)(H,19,21)/t12-,15+/m1/s1. The van der Waals surface area contributed by atoms with Crippen molar-refractivity contribution in [1.29, 1.82) is 0 Å². The minimum Gasteiger partial charge on any atom is -0.468 e. The molecule has 1 rings (SSSR count). The van der Waals surface area contributed by atoms with Crippen molar-refractivity contribution in [2.24, 2.45) is 5.92 Å². The number of ether oxygens (including phenoxy) is 1. The van der Waals surface area contributed by atoms with Crippen LogP contribution in [0, 0.1) is 5.92 Å². The van der Waals surface area contributed by atoms with Crippen molar-refractivity contribution in [3.8, 4) is 0 Å². The molecule has 2 amide bonds. The maximum atomic E-state index is 12.4. The second-order valence-corrected chi connectivity index (χ2v) is 5.66. The van der Waals surface area contributed by atoms with Gasteiger partial charge in [0.2, 0.25) is 11.8 Å². The lowest BCUT2D eigenvalue weighted by atomic mass is 9.98. The van der Waals surface area contributed by atoms with Crippen molar-refractivity contribution in [3.05, 3.63) is 35.9 Å². The highest BCUT2D eigenvalue weighted by molar-refractivity contribution is 5.91. The number of hydrogen-bond donors (Lipinski definition) is 2. The van der Waals surface area contributed by atoms with E-state index >= 15 is 0 Å². The summed E-state index contributed by atoms with van der Waals surface area (Å²) in [5.74, 6) is -1.66. The third kappa shape index (κ3) is 5.73. The fourth-order valence-corrected chi connectivity index (χ4v) is 2.05. The van der Waals surface area contributed by atoms with Crippen LogP contribution < -0.4 is 10.6 Å². The van der Waals surface area contributed by atoms with E-state index in [0.29, 0.717) is 0 Å². The summed E-state index contributed by atoms with van der Waals surface area (Å²) in [6, 6.07) is 8.63. The number of amides is 2. The van der Waals surface area contributed by atoms with Gasteiger partial charge in [0.25, 0.3) is 0 Å². The molecular formula is C17H24N2O4. The van der Waals surface area contributed by atoms with E-state index in [0.717, 1.165) is 5.56 Å². The minimum absolute atomic E-state index is 0.112. The van der Waals surface area contributed by atoms with Gasteiger partial charge in [-0.25, -0.2) is 0 Å². The summed E-state index contributed by atoms with van der Waals surface area (Å²) in [5, 5.41) is 5.22. The molecule has 0 aliphatic heterocycles. The second-order valence-electron chi connectivity index (χ2n) is 5.66. The monoisotopic (exact) mass is 320 g/mol. The number of nitrogens with one attached hydrogen (secondary N) is 2. The Hall–Kier alpha value is -2.37. The molecule has 6 nitrogen and oxygen atoms in total.